The van der Waals surface area contributed by atoms with Crippen molar-refractivity contribution in [1.29, 1.82) is 0 Å². The van der Waals surface area contributed by atoms with E-state index < -0.39 is 5.82 Å². The van der Waals surface area contributed by atoms with E-state index in [1.165, 1.54) is 18.5 Å². The Labute approximate surface area is 144 Å². The van der Waals surface area contributed by atoms with Gasteiger partial charge >= 0.3 is 0 Å². The molecule has 2 aromatic carbocycles. The van der Waals surface area contributed by atoms with Crippen LogP contribution in [0.4, 0.5) is 4.39 Å². The molecular weight excluding hydrogens is 327 g/mol. The topological polar surface area (TPSA) is 42.0 Å². The highest BCUT2D eigenvalue weighted by atomic mass is 35.5. The number of aromatic nitrogens is 1. The minimum Gasteiger partial charge on any atom is -0.348 e. The van der Waals surface area contributed by atoms with Gasteiger partial charge in [0.15, 0.2) is 0 Å². The van der Waals surface area contributed by atoms with Crippen LogP contribution < -0.4 is 5.32 Å². The van der Waals surface area contributed by atoms with Crippen molar-refractivity contribution in [3.8, 4) is 11.1 Å². The van der Waals surface area contributed by atoms with Gasteiger partial charge in [0.05, 0.1) is 5.56 Å². The molecule has 120 valence electrons. The van der Waals surface area contributed by atoms with E-state index >= 15 is 0 Å². The van der Waals surface area contributed by atoms with Crippen LogP contribution in [-0.2, 0) is 6.54 Å². The van der Waals surface area contributed by atoms with Gasteiger partial charge in [-0.05, 0) is 29.8 Å². The van der Waals surface area contributed by atoms with Crippen LogP contribution in [0.3, 0.4) is 0 Å². The zero-order valence-electron chi connectivity index (χ0n) is 12.7. The quantitative estimate of drug-likeness (QED) is 0.761. The summed E-state index contributed by atoms with van der Waals surface area (Å²) in [5.74, 6) is -0.790. The van der Waals surface area contributed by atoms with E-state index in [0.717, 1.165) is 5.56 Å². The molecule has 5 heteroatoms. The van der Waals surface area contributed by atoms with Crippen molar-refractivity contribution in [2.24, 2.45) is 0 Å². The van der Waals surface area contributed by atoms with Crippen molar-refractivity contribution < 1.29 is 9.18 Å². The van der Waals surface area contributed by atoms with Crippen LogP contribution in [0.1, 0.15) is 15.9 Å². The first-order valence-electron chi connectivity index (χ1n) is 7.36. The third-order valence-electron chi connectivity index (χ3n) is 3.58. The minimum atomic E-state index is -0.481. The molecule has 3 aromatic rings. The Morgan fingerprint density at radius 2 is 1.88 bits per heavy atom. The number of hydrogen-bond donors (Lipinski definition) is 1. The number of pyridine rings is 1. The first kappa shape index (κ1) is 16.1. The maximum absolute atomic E-state index is 14.2. The molecule has 0 fully saturated rings. The largest absolute Gasteiger partial charge is 0.348 e. The molecule has 0 radical (unpaired) electrons. The van der Waals surface area contributed by atoms with Gasteiger partial charge in [-0.2, -0.15) is 0 Å². The third-order valence-corrected chi connectivity index (χ3v) is 3.82. The molecule has 0 unspecified atom stereocenters. The van der Waals surface area contributed by atoms with E-state index in [1.54, 1.807) is 18.2 Å². The molecule has 3 nitrogen and oxygen atoms in total. The molecule has 0 saturated carbocycles. The van der Waals surface area contributed by atoms with Crippen molar-refractivity contribution in [1.82, 2.24) is 10.3 Å². The summed E-state index contributed by atoms with van der Waals surface area (Å²) >= 11 is 5.79. The van der Waals surface area contributed by atoms with Crippen molar-refractivity contribution in [2.75, 3.05) is 0 Å². The summed E-state index contributed by atoms with van der Waals surface area (Å²) in [6.45, 7) is 0.386. The highest BCUT2D eigenvalue weighted by molar-refractivity contribution is 6.30. The number of nitrogens with zero attached hydrogens (tertiary/aromatic N) is 1. The van der Waals surface area contributed by atoms with Gasteiger partial charge in [-0.1, -0.05) is 41.9 Å². The van der Waals surface area contributed by atoms with Gasteiger partial charge in [-0.15, -0.1) is 0 Å². The second-order valence-corrected chi connectivity index (χ2v) is 5.65. The van der Waals surface area contributed by atoms with E-state index in [2.05, 4.69) is 10.3 Å². The molecule has 24 heavy (non-hydrogen) atoms. The average molecular weight is 341 g/mol. The molecule has 0 bridgehead atoms. The lowest BCUT2D eigenvalue weighted by molar-refractivity contribution is 0.0951. The fourth-order valence-electron chi connectivity index (χ4n) is 2.39. The lowest BCUT2D eigenvalue weighted by atomic mass is 10.0. The van der Waals surface area contributed by atoms with Crippen LogP contribution in [0.25, 0.3) is 11.1 Å². The lowest BCUT2D eigenvalue weighted by Gasteiger charge is -2.11. The molecule has 1 amide bonds. The SMILES string of the molecule is O=C(NCc1ccccc1)c1cnccc1-c1ccc(Cl)cc1F. The predicted octanol–water partition coefficient (Wildman–Crippen LogP) is 4.47. The molecule has 1 aromatic heterocycles. The molecule has 1 N–H and O–H groups in total. The fourth-order valence-corrected chi connectivity index (χ4v) is 2.55. The molecule has 0 aliphatic carbocycles. The average Bonchev–Trinajstić information content (AvgIpc) is 2.61. The highest BCUT2D eigenvalue weighted by Crippen LogP contribution is 2.27. The second kappa shape index (κ2) is 7.23. The number of amides is 1. The molecule has 0 aliphatic heterocycles. The summed E-state index contributed by atoms with van der Waals surface area (Å²) in [6, 6.07) is 15.5. The van der Waals surface area contributed by atoms with Crippen molar-refractivity contribution in [2.45, 2.75) is 6.54 Å². The number of halogens is 2. The van der Waals surface area contributed by atoms with Crippen LogP contribution in [0, 0.1) is 5.82 Å². The molecule has 0 atom stereocenters. The van der Waals surface area contributed by atoms with Gasteiger partial charge < -0.3 is 5.32 Å². The second-order valence-electron chi connectivity index (χ2n) is 5.21. The first-order valence-corrected chi connectivity index (χ1v) is 7.74. The zero-order valence-corrected chi connectivity index (χ0v) is 13.4. The van der Waals surface area contributed by atoms with Gasteiger partial charge in [-0.3, -0.25) is 9.78 Å². The summed E-state index contributed by atoms with van der Waals surface area (Å²) in [7, 11) is 0. The summed E-state index contributed by atoms with van der Waals surface area (Å²) < 4.78 is 14.2. The number of carbonyl (C=O) groups excluding carboxylic acids is 1. The highest BCUT2D eigenvalue weighted by Gasteiger charge is 2.15. The third kappa shape index (κ3) is 3.60. The summed E-state index contributed by atoms with van der Waals surface area (Å²) in [4.78, 5) is 16.5. The fraction of sp³-hybridized carbons (Fsp3) is 0.0526. The Bertz CT molecular complexity index is 868. The standard InChI is InChI=1S/C19H14ClFN2O/c20-14-6-7-16(18(21)10-14)15-8-9-22-12-17(15)19(24)23-11-13-4-2-1-3-5-13/h1-10,12H,11H2,(H,23,24). The van der Waals surface area contributed by atoms with E-state index in [-0.39, 0.29) is 5.91 Å². The van der Waals surface area contributed by atoms with Gasteiger partial charge in [-0.25, -0.2) is 4.39 Å². The molecule has 0 saturated heterocycles. The molecule has 0 spiro atoms. The van der Waals surface area contributed by atoms with Crippen LogP contribution in [-0.4, -0.2) is 10.9 Å². The normalized spacial score (nSPS) is 10.4. The predicted molar refractivity (Wildman–Crippen MR) is 92.3 cm³/mol. The summed E-state index contributed by atoms with van der Waals surface area (Å²) in [5, 5.41) is 3.13. The van der Waals surface area contributed by atoms with Crippen LogP contribution in [0.15, 0.2) is 67.0 Å². The first-order chi connectivity index (χ1) is 11.6. The molecule has 3 rings (SSSR count). The van der Waals surface area contributed by atoms with Gasteiger partial charge in [0, 0.05) is 35.1 Å². The number of carbonyl (C=O) groups is 1. The van der Waals surface area contributed by atoms with Gasteiger partial charge in [0.1, 0.15) is 5.82 Å². The van der Waals surface area contributed by atoms with Crippen molar-refractivity contribution in [3.63, 3.8) is 0 Å². The Morgan fingerprint density at radius 1 is 1.08 bits per heavy atom. The van der Waals surface area contributed by atoms with Crippen molar-refractivity contribution in [3.05, 3.63) is 89.0 Å². The van der Waals surface area contributed by atoms with Crippen LogP contribution in [0.2, 0.25) is 5.02 Å². The molecule has 0 aliphatic rings. The van der Waals surface area contributed by atoms with E-state index in [0.29, 0.717) is 28.3 Å². The maximum Gasteiger partial charge on any atom is 0.253 e. The van der Waals surface area contributed by atoms with E-state index in [4.69, 9.17) is 11.6 Å². The lowest BCUT2D eigenvalue weighted by Crippen LogP contribution is -2.23. The van der Waals surface area contributed by atoms with Gasteiger partial charge in [0.2, 0.25) is 0 Å². The summed E-state index contributed by atoms with van der Waals surface area (Å²) in [6.07, 6.45) is 2.96. The zero-order chi connectivity index (χ0) is 16.9. The number of nitrogens with one attached hydrogen (secondary N) is 1. The molecular formula is C19H14ClFN2O. The number of hydrogen-bond acceptors (Lipinski definition) is 2. The van der Waals surface area contributed by atoms with Gasteiger partial charge in [0.25, 0.3) is 5.91 Å². The molecule has 1 heterocycles. The van der Waals surface area contributed by atoms with Crippen LogP contribution >= 0.6 is 11.6 Å². The minimum absolute atomic E-state index is 0.306. The Hall–Kier alpha value is -2.72. The number of benzene rings is 2. The van der Waals surface area contributed by atoms with E-state index in [1.807, 2.05) is 30.3 Å². The van der Waals surface area contributed by atoms with Crippen molar-refractivity contribution >= 4 is 17.5 Å². The maximum atomic E-state index is 14.2. The van der Waals surface area contributed by atoms with E-state index in [9.17, 15) is 9.18 Å². The summed E-state index contributed by atoms with van der Waals surface area (Å²) in [5.41, 5.74) is 2.08. The number of rotatable bonds is 4. The Morgan fingerprint density at radius 3 is 2.62 bits per heavy atom. The van der Waals surface area contributed by atoms with Crippen LogP contribution in [0.5, 0.6) is 0 Å². The Kier molecular flexibility index (Phi) is 4.87. The Balaban J connectivity index is 1.87. The smallest absolute Gasteiger partial charge is 0.253 e. The monoisotopic (exact) mass is 340 g/mol.